The lowest BCUT2D eigenvalue weighted by Crippen LogP contribution is -2.54. The predicted octanol–water partition coefficient (Wildman–Crippen LogP) is 4.19. The van der Waals surface area contributed by atoms with Gasteiger partial charge < -0.3 is 23.5 Å². The number of methoxy groups -OCH3 is 2. The number of nitrogens with zero attached hydrogens (tertiary/aromatic N) is 1. The van der Waals surface area contributed by atoms with Crippen LogP contribution in [-0.4, -0.2) is 44.6 Å². The fourth-order valence-corrected chi connectivity index (χ4v) is 5.61. The first-order valence-electron chi connectivity index (χ1n) is 11.5. The highest BCUT2D eigenvalue weighted by molar-refractivity contribution is 5.89. The number of aromatic nitrogens is 1. The number of esters is 1. The normalized spacial score (nSPS) is 17.0. The Morgan fingerprint density at radius 2 is 1.85 bits per heavy atom. The van der Waals surface area contributed by atoms with Crippen molar-refractivity contribution in [2.45, 2.75) is 52.0 Å². The standard InChI is InChI=1S/C26H33NO6/c1-6-32-24(29)19-14-27-20(12-21(19)28)18-11-22(31-5)23(33-9-7-8-30-4)10-17(18)13-26(27)15-25(2,3)16-26/h10-12,14H,6-9,13,15-16H2,1-5H3. The summed E-state index contributed by atoms with van der Waals surface area (Å²) in [6.07, 6.45) is 5.18. The summed E-state index contributed by atoms with van der Waals surface area (Å²) in [6.45, 7) is 7.62. The van der Waals surface area contributed by atoms with Gasteiger partial charge in [0.25, 0.3) is 0 Å². The summed E-state index contributed by atoms with van der Waals surface area (Å²) in [7, 11) is 3.28. The monoisotopic (exact) mass is 455 g/mol. The van der Waals surface area contributed by atoms with Crippen molar-refractivity contribution in [2.75, 3.05) is 34.0 Å². The summed E-state index contributed by atoms with van der Waals surface area (Å²) in [5, 5.41) is 0. The smallest absolute Gasteiger partial charge is 0.343 e. The first-order valence-corrected chi connectivity index (χ1v) is 11.5. The minimum atomic E-state index is -0.574. The molecule has 2 heterocycles. The van der Waals surface area contributed by atoms with Crippen LogP contribution in [0.25, 0.3) is 11.3 Å². The molecule has 0 saturated heterocycles. The lowest BCUT2D eigenvalue weighted by atomic mass is 9.56. The highest BCUT2D eigenvalue weighted by atomic mass is 16.5. The zero-order valence-electron chi connectivity index (χ0n) is 20.2. The Labute approximate surface area is 194 Å². The molecule has 33 heavy (non-hydrogen) atoms. The van der Waals surface area contributed by atoms with Gasteiger partial charge in [-0.05, 0) is 49.3 Å². The Morgan fingerprint density at radius 3 is 2.48 bits per heavy atom. The van der Waals surface area contributed by atoms with E-state index in [1.54, 1.807) is 33.4 Å². The second-order valence-electron chi connectivity index (χ2n) is 9.80. The van der Waals surface area contributed by atoms with E-state index >= 15 is 0 Å². The molecule has 2 aliphatic rings. The molecule has 7 nitrogen and oxygen atoms in total. The molecule has 7 heteroatoms. The van der Waals surface area contributed by atoms with Crippen LogP contribution >= 0.6 is 0 Å². The van der Waals surface area contributed by atoms with Crippen molar-refractivity contribution in [2.24, 2.45) is 5.41 Å². The average molecular weight is 456 g/mol. The molecule has 1 fully saturated rings. The summed E-state index contributed by atoms with van der Waals surface area (Å²) in [5.74, 6) is 0.735. The van der Waals surface area contributed by atoms with E-state index in [1.165, 1.54) is 0 Å². The Morgan fingerprint density at radius 1 is 1.09 bits per heavy atom. The van der Waals surface area contributed by atoms with E-state index < -0.39 is 5.97 Å². The molecule has 1 saturated carbocycles. The number of hydrogen-bond acceptors (Lipinski definition) is 6. The van der Waals surface area contributed by atoms with Crippen LogP contribution in [0.1, 0.15) is 56.0 Å². The lowest BCUT2D eigenvalue weighted by molar-refractivity contribution is -0.00264. The minimum Gasteiger partial charge on any atom is -0.493 e. The quantitative estimate of drug-likeness (QED) is 0.439. The molecule has 1 spiro atoms. The molecule has 0 N–H and O–H groups in total. The van der Waals surface area contributed by atoms with E-state index in [1.807, 2.05) is 12.1 Å². The Kier molecular flexibility index (Phi) is 6.27. The first-order chi connectivity index (χ1) is 15.7. The maximum Gasteiger partial charge on any atom is 0.343 e. The lowest BCUT2D eigenvalue weighted by Gasteiger charge is -2.57. The van der Waals surface area contributed by atoms with Gasteiger partial charge in [0.1, 0.15) is 5.56 Å². The van der Waals surface area contributed by atoms with Gasteiger partial charge in [0.05, 0.1) is 26.0 Å². The fraction of sp³-hybridized carbons (Fsp3) is 0.538. The predicted molar refractivity (Wildman–Crippen MR) is 125 cm³/mol. The molecule has 1 aromatic heterocycles. The van der Waals surface area contributed by atoms with Crippen LogP contribution in [0.4, 0.5) is 0 Å². The van der Waals surface area contributed by atoms with Crippen molar-refractivity contribution in [3.8, 4) is 22.8 Å². The topological polar surface area (TPSA) is 76.0 Å². The fourth-order valence-electron chi connectivity index (χ4n) is 5.61. The number of fused-ring (bicyclic) bond motifs is 4. The van der Waals surface area contributed by atoms with Gasteiger partial charge in [-0.15, -0.1) is 0 Å². The Balaban J connectivity index is 1.82. The molecule has 1 aliphatic carbocycles. The third-order valence-corrected chi connectivity index (χ3v) is 6.61. The molecule has 0 radical (unpaired) electrons. The highest BCUT2D eigenvalue weighted by Gasteiger charge is 2.52. The van der Waals surface area contributed by atoms with Crippen LogP contribution in [0.2, 0.25) is 0 Å². The maximum atomic E-state index is 12.9. The van der Waals surface area contributed by atoms with E-state index in [-0.39, 0.29) is 28.6 Å². The maximum absolute atomic E-state index is 12.9. The molecule has 0 unspecified atom stereocenters. The zero-order chi connectivity index (χ0) is 23.8. The van der Waals surface area contributed by atoms with Gasteiger partial charge in [0.2, 0.25) is 0 Å². The largest absolute Gasteiger partial charge is 0.493 e. The molecule has 1 aliphatic heterocycles. The average Bonchev–Trinajstić information content (AvgIpc) is 2.75. The number of pyridine rings is 1. The summed E-state index contributed by atoms with van der Waals surface area (Å²) in [4.78, 5) is 25.4. The van der Waals surface area contributed by atoms with Crippen LogP contribution < -0.4 is 14.9 Å². The molecular formula is C26H33NO6. The van der Waals surface area contributed by atoms with Gasteiger partial charge in [0.15, 0.2) is 16.9 Å². The highest BCUT2D eigenvalue weighted by Crippen LogP contribution is 2.58. The molecular weight excluding hydrogens is 422 g/mol. The van der Waals surface area contributed by atoms with Crippen LogP contribution in [-0.2, 0) is 21.4 Å². The van der Waals surface area contributed by atoms with Gasteiger partial charge in [-0.1, -0.05) is 13.8 Å². The van der Waals surface area contributed by atoms with Crippen molar-refractivity contribution in [3.05, 3.63) is 45.7 Å². The van der Waals surface area contributed by atoms with Gasteiger partial charge >= 0.3 is 5.97 Å². The van der Waals surface area contributed by atoms with Gasteiger partial charge in [0, 0.05) is 43.5 Å². The van der Waals surface area contributed by atoms with Crippen molar-refractivity contribution in [1.29, 1.82) is 0 Å². The second kappa shape index (κ2) is 8.86. The molecule has 2 aromatic rings. The van der Waals surface area contributed by atoms with E-state index in [0.717, 1.165) is 42.5 Å². The van der Waals surface area contributed by atoms with Crippen LogP contribution in [0.15, 0.2) is 29.2 Å². The van der Waals surface area contributed by atoms with Crippen LogP contribution in [0.3, 0.4) is 0 Å². The number of benzene rings is 1. The molecule has 178 valence electrons. The van der Waals surface area contributed by atoms with Crippen molar-refractivity contribution in [3.63, 3.8) is 0 Å². The third-order valence-electron chi connectivity index (χ3n) is 6.61. The van der Waals surface area contributed by atoms with Gasteiger partial charge in [-0.25, -0.2) is 4.79 Å². The summed E-state index contributed by atoms with van der Waals surface area (Å²) in [6, 6.07) is 5.55. The molecule has 0 bridgehead atoms. The summed E-state index contributed by atoms with van der Waals surface area (Å²) in [5.41, 5.74) is 2.60. The number of carbonyl (C=O) groups excluding carboxylic acids is 1. The SMILES string of the molecule is CCOC(=O)c1cn2c(cc1=O)-c1cc(OC)c(OCCCOC)cc1CC21CC(C)(C)C1. The van der Waals surface area contributed by atoms with Crippen molar-refractivity contribution >= 4 is 5.97 Å². The molecule has 1 aromatic carbocycles. The van der Waals surface area contributed by atoms with E-state index in [2.05, 4.69) is 18.4 Å². The third kappa shape index (κ3) is 4.26. The van der Waals surface area contributed by atoms with Crippen LogP contribution in [0, 0.1) is 5.41 Å². The van der Waals surface area contributed by atoms with Gasteiger partial charge in [-0.2, -0.15) is 0 Å². The summed E-state index contributed by atoms with van der Waals surface area (Å²) >= 11 is 0. The van der Waals surface area contributed by atoms with Crippen molar-refractivity contribution < 1.29 is 23.7 Å². The van der Waals surface area contributed by atoms with E-state index in [4.69, 9.17) is 18.9 Å². The number of carbonyl (C=O) groups is 1. The molecule has 4 rings (SSSR count). The summed E-state index contributed by atoms with van der Waals surface area (Å²) < 4.78 is 24.0. The van der Waals surface area contributed by atoms with Gasteiger partial charge in [-0.3, -0.25) is 4.79 Å². The minimum absolute atomic E-state index is 0.0817. The Hall–Kier alpha value is -2.80. The Bertz CT molecular complexity index is 1110. The molecule has 0 atom stereocenters. The second-order valence-corrected chi connectivity index (χ2v) is 9.80. The van der Waals surface area contributed by atoms with Crippen LogP contribution in [0.5, 0.6) is 11.5 Å². The number of ether oxygens (including phenoxy) is 4. The van der Waals surface area contributed by atoms with E-state index in [9.17, 15) is 9.59 Å². The number of rotatable bonds is 8. The molecule has 0 amide bonds. The first kappa shape index (κ1) is 23.4. The van der Waals surface area contributed by atoms with Crippen molar-refractivity contribution in [1.82, 2.24) is 4.57 Å². The number of hydrogen-bond donors (Lipinski definition) is 0. The zero-order valence-corrected chi connectivity index (χ0v) is 20.2. The van der Waals surface area contributed by atoms with E-state index in [0.29, 0.717) is 24.7 Å².